The van der Waals surface area contributed by atoms with Gasteiger partial charge < -0.3 is 40.6 Å². The number of rotatable bonds is 0. The largest absolute Gasteiger partial charge is 0.477 e. The third-order valence-corrected chi connectivity index (χ3v) is 1.98. The predicted octanol–water partition coefficient (Wildman–Crippen LogP) is 8.28. The molecule has 28 heavy (non-hydrogen) atoms. The molecule has 1 N–H and O–H groups in total. The summed E-state index contributed by atoms with van der Waals surface area (Å²) in [5.41, 5.74) is 1.15. The Morgan fingerprint density at radius 2 is 1.46 bits per heavy atom. The molecule has 2 aromatic rings. The first kappa shape index (κ1) is 45.9. The van der Waals surface area contributed by atoms with E-state index in [9.17, 15) is 0 Å². The van der Waals surface area contributed by atoms with E-state index in [1.165, 1.54) is 15.1 Å². The average molecular weight is 461 g/mol. The van der Waals surface area contributed by atoms with Gasteiger partial charge in [-0.15, -0.1) is 55.1 Å². The second-order valence-corrected chi connectivity index (χ2v) is 7.07. The number of halogens is 2. The van der Waals surface area contributed by atoms with Gasteiger partial charge in [0.15, 0.2) is 0 Å². The summed E-state index contributed by atoms with van der Waals surface area (Å²) in [7, 11) is 0. The summed E-state index contributed by atoms with van der Waals surface area (Å²) >= 11 is 2.08. The van der Waals surface area contributed by atoms with Crippen molar-refractivity contribution < 1.29 is 20.0 Å². The number of hydrogen-bond acceptors (Lipinski definition) is 0. The Balaban J connectivity index is -0.0000000417. The van der Waals surface area contributed by atoms with Gasteiger partial charge in [0.25, 0.3) is 0 Å². The molecule has 1 heterocycles. The van der Waals surface area contributed by atoms with Crippen LogP contribution in [-0.4, -0.2) is 8.80 Å². The molecule has 1 aliphatic carbocycles. The predicted molar refractivity (Wildman–Crippen MR) is 135 cm³/mol. The van der Waals surface area contributed by atoms with Crippen molar-refractivity contribution in [2.45, 2.75) is 41.0 Å². The fraction of sp³-hybridized carbons (Fsp3) is 0.250. The van der Waals surface area contributed by atoms with Gasteiger partial charge in [-0.05, 0) is 0 Å². The zero-order valence-electron chi connectivity index (χ0n) is 19.1. The summed E-state index contributed by atoms with van der Waals surface area (Å²) in [4.78, 5) is 2.99. The zero-order valence-corrected chi connectivity index (χ0v) is 22.3. The number of H-pyrrole nitrogens is 1. The molecular weight excluding hydrogens is 421 g/mol. The summed E-state index contributed by atoms with van der Waals surface area (Å²) in [6, 6.07) is 10.1. The van der Waals surface area contributed by atoms with E-state index in [4.69, 9.17) is 0 Å². The first-order valence-corrected chi connectivity index (χ1v) is 8.15. The minimum absolute atomic E-state index is 0. The Bertz CT molecular complexity index is 540. The number of aromatic nitrogens is 1. The maximum atomic E-state index is 2.99. The number of fused-ring (bicyclic) bond motifs is 1. The molecule has 4 heteroatoms. The number of nitrogens with one attached hydrogen (secondary N) is 1. The van der Waals surface area contributed by atoms with Gasteiger partial charge in [-0.2, -0.15) is 38.3 Å². The van der Waals surface area contributed by atoms with Crippen molar-refractivity contribution in [1.29, 1.82) is 0 Å². The van der Waals surface area contributed by atoms with E-state index in [-0.39, 0.29) is 54.5 Å². The fourth-order valence-electron chi connectivity index (χ4n) is 1.27. The Morgan fingerprint density at radius 1 is 1.00 bits per heavy atom. The van der Waals surface area contributed by atoms with Gasteiger partial charge in [0.2, 0.25) is 0 Å². The summed E-state index contributed by atoms with van der Waals surface area (Å²) in [6.45, 7) is 10.4. The first-order valence-electron chi connectivity index (χ1n) is 7.37. The van der Waals surface area contributed by atoms with Crippen LogP contribution in [-0.2, 0) is 20.0 Å². The molecule has 0 bridgehead atoms. The van der Waals surface area contributed by atoms with Crippen molar-refractivity contribution in [3.63, 3.8) is 0 Å². The number of aromatic amines is 1. The molecule has 1 aromatic carbocycles. The number of hydrogen-bond donors (Lipinski definition) is 1. The monoisotopic (exact) mass is 460 g/mol. The molecule has 1 nitrogen and oxygen atoms in total. The Hall–Kier alpha value is -0.596. The number of allylic oxidation sites excluding steroid dienone is 4. The fourth-order valence-corrected chi connectivity index (χ4v) is 1.27. The van der Waals surface area contributed by atoms with Gasteiger partial charge >= 0.3 is 37.6 Å². The first-order chi connectivity index (χ1) is 10.4. The topological polar surface area (TPSA) is 15.8 Å². The Kier molecular flexibility index (Phi) is 51.0. The van der Waals surface area contributed by atoms with E-state index in [0.717, 1.165) is 11.9 Å². The standard InChI is InChI=1S/C8H6N.C5H5.C4H9.C3H6.4CH3.2ClH.Ti/c1-2-4-8-7(3-1)5-6-9-8;1-2-4-5-3-1;1-4(2)3;1-3-2;;;;;;;/h1-5,9H;1-3H,4H2;1-3H3;1-2H3;4*1H3;2*1H;/q3*-1;;4*-1;;;. The molecule has 166 valence electrons. The van der Waals surface area contributed by atoms with Gasteiger partial charge in [-0.25, -0.2) is 12.2 Å². The van der Waals surface area contributed by atoms with E-state index in [2.05, 4.69) is 84.0 Å². The van der Waals surface area contributed by atoms with Crippen molar-refractivity contribution >= 4 is 39.5 Å². The quantitative estimate of drug-likeness (QED) is 0.300. The van der Waals surface area contributed by atoms with Gasteiger partial charge in [0.1, 0.15) is 0 Å². The SMILES string of the molecule is C[C-](C)C.C[C](C)=[Ti].Cl.Cl.[C-]1=CC=CC1.[CH3-].[CH3-].[CH3-].[CH3-].[c-]1cc2ccccc2[nH]1. The van der Waals surface area contributed by atoms with E-state index in [0.29, 0.717) is 0 Å². The van der Waals surface area contributed by atoms with Crippen LogP contribution >= 0.6 is 24.8 Å². The minimum Gasteiger partial charge on any atom is -0.477 e. The minimum atomic E-state index is 0. The van der Waals surface area contributed by atoms with Crippen molar-refractivity contribution in [2.75, 3.05) is 0 Å². The van der Waals surface area contributed by atoms with E-state index in [1.807, 2.05) is 36.4 Å². The summed E-state index contributed by atoms with van der Waals surface area (Å²) < 4.78 is 1.42. The number of para-hydroxylation sites is 1. The van der Waals surface area contributed by atoms with Crippen LogP contribution in [0.15, 0.2) is 48.6 Å². The van der Waals surface area contributed by atoms with Crippen molar-refractivity contribution in [3.05, 3.63) is 96.5 Å². The molecule has 0 amide bonds. The molecule has 0 fully saturated rings. The van der Waals surface area contributed by atoms with Gasteiger partial charge in [-0.1, -0.05) is 12.1 Å². The van der Waals surface area contributed by atoms with Gasteiger partial charge in [0.05, 0.1) is 0 Å². The van der Waals surface area contributed by atoms with Crippen LogP contribution in [0.1, 0.15) is 41.0 Å². The average Bonchev–Trinajstić information content (AvgIpc) is 3.12. The van der Waals surface area contributed by atoms with E-state index in [1.54, 1.807) is 0 Å². The smallest absolute Gasteiger partial charge is 0.0745 e. The van der Waals surface area contributed by atoms with Crippen LogP contribution in [0.25, 0.3) is 10.9 Å². The molecule has 0 radical (unpaired) electrons. The third kappa shape index (κ3) is 33.0. The molecule has 0 aliphatic heterocycles. The second-order valence-electron chi connectivity index (χ2n) is 5.50. The maximum absolute atomic E-state index is 2.99. The summed E-state index contributed by atoms with van der Waals surface area (Å²) in [5.74, 6) is 1.42. The van der Waals surface area contributed by atoms with Crippen molar-refractivity contribution in [2.24, 2.45) is 0 Å². The molecule has 1 aliphatic rings. The molecule has 1 aromatic heterocycles. The number of benzene rings is 1. The molecule has 3 rings (SSSR count). The molecular formula is C24H40Cl2NTi-7. The van der Waals surface area contributed by atoms with Crippen LogP contribution in [0.5, 0.6) is 0 Å². The van der Waals surface area contributed by atoms with Crippen LogP contribution in [0.4, 0.5) is 0 Å². The normalized spacial score (nSPS) is 8.61. The van der Waals surface area contributed by atoms with Crippen molar-refractivity contribution in [3.8, 4) is 0 Å². The molecule has 0 saturated heterocycles. The van der Waals surface area contributed by atoms with E-state index < -0.39 is 0 Å². The summed E-state index contributed by atoms with van der Waals surface area (Å²) in [6.07, 6.45) is 12.9. The van der Waals surface area contributed by atoms with Gasteiger partial charge in [-0.3, -0.25) is 6.08 Å². The maximum Gasteiger partial charge on any atom is -0.0745 e. The zero-order chi connectivity index (χ0) is 16.8. The molecule has 0 atom stereocenters. The third-order valence-electron chi connectivity index (χ3n) is 1.98. The van der Waals surface area contributed by atoms with E-state index >= 15 is 0 Å². The molecule has 0 spiro atoms. The van der Waals surface area contributed by atoms with Gasteiger partial charge in [0, 0.05) is 0 Å². The van der Waals surface area contributed by atoms with Crippen LogP contribution in [0.3, 0.4) is 0 Å². The van der Waals surface area contributed by atoms with Crippen LogP contribution in [0.2, 0.25) is 0 Å². The van der Waals surface area contributed by atoms with Crippen LogP contribution < -0.4 is 0 Å². The van der Waals surface area contributed by atoms with Crippen LogP contribution in [0, 0.1) is 47.9 Å². The Morgan fingerprint density at radius 3 is 1.79 bits per heavy atom. The molecule has 0 unspecified atom stereocenters. The second kappa shape index (κ2) is 31.1. The Labute approximate surface area is 201 Å². The van der Waals surface area contributed by atoms with Crippen molar-refractivity contribution in [1.82, 2.24) is 4.98 Å². The summed E-state index contributed by atoms with van der Waals surface area (Å²) in [5, 5.41) is 1.22. The molecule has 0 saturated carbocycles.